The summed E-state index contributed by atoms with van der Waals surface area (Å²) >= 11 is 0. The number of aromatic nitrogens is 3. The maximum absolute atomic E-state index is 11.8. The summed E-state index contributed by atoms with van der Waals surface area (Å²) < 4.78 is 1.97. The number of fused-ring (bicyclic) bond motifs is 1. The molecule has 0 saturated carbocycles. The Morgan fingerprint density at radius 3 is 2.73 bits per heavy atom. The highest BCUT2D eigenvalue weighted by Gasteiger charge is 2.16. The molecule has 0 radical (unpaired) electrons. The van der Waals surface area contributed by atoms with Crippen LogP contribution in [0.2, 0.25) is 0 Å². The van der Waals surface area contributed by atoms with E-state index in [4.69, 9.17) is 10.1 Å². The third-order valence-electron chi connectivity index (χ3n) is 5.59. The average molecular weight is 404 g/mol. The fourth-order valence-corrected chi connectivity index (χ4v) is 3.98. The molecule has 156 valence electrons. The lowest BCUT2D eigenvalue weighted by molar-refractivity contribution is -0.131. The van der Waals surface area contributed by atoms with Crippen LogP contribution in [-0.4, -0.2) is 51.6 Å². The molecule has 1 amide bonds. The summed E-state index contributed by atoms with van der Waals surface area (Å²) in [6.07, 6.45) is 5.86. The van der Waals surface area contributed by atoms with Crippen LogP contribution in [0, 0.1) is 13.8 Å². The zero-order valence-corrected chi connectivity index (χ0v) is 18.0. The first kappa shape index (κ1) is 20.3. The van der Waals surface area contributed by atoms with Gasteiger partial charge in [-0.3, -0.25) is 4.79 Å². The molecule has 1 N–H and O–H groups in total. The van der Waals surface area contributed by atoms with Crippen molar-refractivity contribution in [3.05, 3.63) is 70.2 Å². The Morgan fingerprint density at radius 1 is 1.20 bits per heavy atom. The Balaban J connectivity index is 1.49. The van der Waals surface area contributed by atoms with E-state index in [9.17, 15) is 4.79 Å². The van der Waals surface area contributed by atoms with Crippen LogP contribution in [0.3, 0.4) is 0 Å². The lowest BCUT2D eigenvalue weighted by Crippen LogP contribution is -2.47. The summed E-state index contributed by atoms with van der Waals surface area (Å²) in [5, 5.41) is 7.88. The number of hydrogen-bond donors (Lipinski definition) is 1. The normalized spacial score (nSPS) is 14.9. The molecule has 1 fully saturated rings. The molecule has 0 unspecified atom stereocenters. The summed E-state index contributed by atoms with van der Waals surface area (Å²) in [6, 6.07) is 10.7. The number of carbonyl (C=O) groups excluding carboxylic acids is 1. The van der Waals surface area contributed by atoms with Crippen molar-refractivity contribution in [1.29, 1.82) is 0 Å². The molecule has 1 aliphatic heterocycles. The Kier molecular flexibility index (Phi) is 5.95. The van der Waals surface area contributed by atoms with Crippen LogP contribution < -0.4 is 5.32 Å². The summed E-state index contributed by atoms with van der Waals surface area (Å²) in [4.78, 5) is 18.5. The Hall–Kier alpha value is -2.99. The maximum Gasteiger partial charge on any atom is 0.236 e. The van der Waals surface area contributed by atoms with Gasteiger partial charge in [0, 0.05) is 43.0 Å². The van der Waals surface area contributed by atoms with Crippen LogP contribution in [0.25, 0.3) is 11.7 Å². The molecule has 30 heavy (non-hydrogen) atoms. The van der Waals surface area contributed by atoms with Crippen LogP contribution in [0.1, 0.15) is 40.7 Å². The van der Waals surface area contributed by atoms with E-state index < -0.39 is 0 Å². The van der Waals surface area contributed by atoms with Crippen molar-refractivity contribution < 1.29 is 4.79 Å². The lowest BCUT2D eigenvalue weighted by atomic mass is 10.0. The van der Waals surface area contributed by atoms with E-state index >= 15 is 0 Å². The molecule has 0 bridgehead atoms. The molecular weight excluding hydrogens is 374 g/mol. The molecule has 1 aliphatic rings. The summed E-state index contributed by atoms with van der Waals surface area (Å²) in [7, 11) is 0. The minimum atomic E-state index is 0.167. The highest BCUT2D eigenvalue weighted by molar-refractivity contribution is 5.79. The number of hydrogen-bond acceptors (Lipinski definition) is 4. The molecule has 0 atom stereocenters. The summed E-state index contributed by atoms with van der Waals surface area (Å²) in [5.74, 6) is 0.167. The number of benzene rings is 1. The van der Waals surface area contributed by atoms with Crippen molar-refractivity contribution in [1.82, 2.24) is 24.8 Å². The molecule has 3 aromatic rings. The molecule has 1 aromatic carbocycles. The SMILES string of the molecule is CCc1nn2c(C)cc(C)nc2c1Cc1ccc(/C=C/CN2CCNCC2=O)cc1. The molecule has 0 spiro atoms. The van der Waals surface area contributed by atoms with Crippen LogP contribution >= 0.6 is 0 Å². The first-order valence-electron chi connectivity index (χ1n) is 10.6. The van der Waals surface area contributed by atoms with Crippen LogP contribution in [0.5, 0.6) is 0 Å². The van der Waals surface area contributed by atoms with E-state index in [-0.39, 0.29) is 5.91 Å². The first-order valence-corrected chi connectivity index (χ1v) is 10.6. The monoisotopic (exact) mass is 403 g/mol. The molecule has 2 aromatic heterocycles. The molecular formula is C24H29N5O. The second-order valence-electron chi connectivity index (χ2n) is 7.89. The van der Waals surface area contributed by atoms with E-state index in [1.165, 1.54) is 11.1 Å². The fourth-order valence-electron chi connectivity index (χ4n) is 3.98. The number of piperazine rings is 1. The van der Waals surface area contributed by atoms with Gasteiger partial charge in [-0.1, -0.05) is 43.3 Å². The number of rotatable bonds is 6. The highest BCUT2D eigenvalue weighted by Crippen LogP contribution is 2.21. The number of nitrogens with one attached hydrogen (secondary N) is 1. The largest absolute Gasteiger partial charge is 0.337 e. The van der Waals surface area contributed by atoms with E-state index in [0.717, 1.165) is 54.2 Å². The topological polar surface area (TPSA) is 62.5 Å². The van der Waals surface area contributed by atoms with E-state index in [1.54, 1.807) is 0 Å². The highest BCUT2D eigenvalue weighted by atomic mass is 16.2. The van der Waals surface area contributed by atoms with Gasteiger partial charge in [-0.15, -0.1) is 0 Å². The minimum absolute atomic E-state index is 0.167. The standard InChI is InChI=1S/C24H29N5O/c1-4-22-21(24-26-17(2)14-18(3)29(24)27-22)15-20-9-7-19(8-10-20)6-5-12-28-13-11-25-16-23(28)30/h5-10,14,25H,4,11-13,15-16H2,1-3H3/b6-5+. The van der Waals surface area contributed by atoms with Crippen LogP contribution in [-0.2, 0) is 17.6 Å². The number of nitrogens with zero attached hydrogens (tertiary/aromatic N) is 4. The molecule has 3 heterocycles. The van der Waals surface area contributed by atoms with Gasteiger partial charge in [0.2, 0.25) is 5.91 Å². The maximum atomic E-state index is 11.8. The summed E-state index contributed by atoms with van der Waals surface area (Å²) in [6.45, 7) is 9.00. The van der Waals surface area contributed by atoms with Crippen molar-refractivity contribution in [2.45, 2.75) is 33.6 Å². The van der Waals surface area contributed by atoms with Gasteiger partial charge in [-0.05, 0) is 37.5 Å². The first-order chi connectivity index (χ1) is 14.5. The van der Waals surface area contributed by atoms with Crippen molar-refractivity contribution in [2.75, 3.05) is 26.2 Å². The third-order valence-corrected chi connectivity index (χ3v) is 5.59. The van der Waals surface area contributed by atoms with Crippen LogP contribution in [0.15, 0.2) is 36.4 Å². The fraction of sp³-hybridized carbons (Fsp3) is 0.375. The molecule has 0 aliphatic carbocycles. The van der Waals surface area contributed by atoms with Crippen molar-refractivity contribution in [2.24, 2.45) is 0 Å². The van der Waals surface area contributed by atoms with E-state index in [0.29, 0.717) is 13.1 Å². The number of amides is 1. The Labute approximate surface area is 177 Å². The summed E-state index contributed by atoms with van der Waals surface area (Å²) in [5.41, 5.74) is 7.81. The van der Waals surface area contributed by atoms with E-state index in [1.807, 2.05) is 16.3 Å². The lowest BCUT2D eigenvalue weighted by Gasteiger charge is -2.26. The van der Waals surface area contributed by atoms with Gasteiger partial charge in [0.25, 0.3) is 0 Å². The molecule has 1 saturated heterocycles. The van der Waals surface area contributed by atoms with Gasteiger partial charge in [0.15, 0.2) is 5.65 Å². The quantitative estimate of drug-likeness (QED) is 0.687. The predicted molar refractivity (Wildman–Crippen MR) is 120 cm³/mol. The van der Waals surface area contributed by atoms with Crippen molar-refractivity contribution in [3.63, 3.8) is 0 Å². The van der Waals surface area contributed by atoms with Gasteiger partial charge >= 0.3 is 0 Å². The molecule has 6 nitrogen and oxygen atoms in total. The zero-order chi connectivity index (χ0) is 21.1. The Bertz CT molecular complexity index is 1080. The number of aryl methyl sites for hydroxylation is 3. The van der Waals surface area contributed by atoms with Crippen molar-refractivity contribution >= 4 is 17.6 Å². The van der Waals surface area contributed by atoms with Crippen molar-refractivity contribution in [3.8, 4) is 0 Å². The molecule has 4 rings (SSSR count). The minimum Gasteiger partial charge on any atom is -0.337 e. The van der Waals surface area contributed by atoms with Gasteiger partial charge in [-0.2, -0.15) is 5.10 Å². The number of carbonyl (C=O) groups is 1. The zero-order valence-electron chi connectivity index (χ0n) is 18.0. The smallest absolute Gasteiger partial charge is 0.236 e. The second kappa shape index (κ2) is 8.79. The van der Waals surface area contributed by atoms with Gasteiger partial charge in [0.1, 0.15) is 0 Å². The van der Waals surface area contributed by atoms with Gasteiger partial charge in [0.05, 0.1) is 12.2 Å². The predicted octanol–water partition coefficient (Wildman–Crippen LogP) is 2.94. The molecule has 6 heteroatoms. The average Bonchev–Trinajstić information content (AvgIpc) is 3.08. The Morgan fingerprint density at radius 2 is 2.00 bits per heavy atom. The third kappa shape index (κ3) is 4.28. The van der Waals surface area contributed by atoms with Gasteiger partial charge < -0.3 is 10.2 Å². The van der Waals surface area contributed by atoms with E-state index in [2.05, 4.69) is 61.6 Å². The second-order valence-corrected chi connectivity index (χ2v) is 7.89. The van der Waals surface area contributed by atoms with Gasteiger partial charge in [-0.25, -0.2) is 9.50 Å². The van der Waals surface area contributed by atoms with Crippen LogP contribution in [0.4, 0.5) is 0 Å².